The monoisotopic (exact) mass is 512 g/mol. The fourth-order valence-corrected chi connectivity index (χ4v) is 5.23. The van der Waals surface area contributed by atoms with Gasteiger partial charge in [-0.15, -0.1) is 0 Å². The molecule has 10 heteroatoms. The minimum Gasteiger partial charge on any atom is -0.495 e. The zero-order valence-corrected chi connectivity index (χ0v) is 20.0. The van der Waals surface area contributed by atoms with Gasteiger partial charge in [-0.25, -0.2) is 0 Å². The number of fused-ring (bicyclic) bond motifs is 1. The van der Waals surface area contributed by atoms with Crippen molar-refractivity contribution in [3.8, 4) is 5.75 Å². The maximum absolute atomic E-state index is 13.9. The zero-order valence-electron chi connectivity index (χ0n) is 18.5. The molecule has 0 radical (unpaired) electrons. The maximum Gasteiger partial charge on any atom is 0.471 e. The van der Waals surface area contributed by atoms with Crippen LogP contribution in [0.5, 0.6) is 5.75 Å². The Hall–Kier alpha value is -2.71. The summed E-state index contributed by atoms with van der Waals surface area (Å²) in [6.45, 7) is 3.80. The fraction of sp³-hybridized carbons (Fsp3) is 0.333. The van der Waals surface area contributed by atoms with Crippen LogP contribution < -0.4 is 15.0 Å². The van der Waals surface area contributed by atoms with E-state index in [2.05, 4.69) is 5.32 Å². The summed E-state index contributed by atoms with van der Waals surface area (Å²) in [7, 11) is 1.30. The molecule has 1 unspecified atom stereocenters. The third kappa shape index (κ3) is 4.25. The molecule has 1 atom stereocenters. The van der Waals surface area contributed by atoms with E-state index in [0.717, 1.165) is 0 Å². The van der Waals surface area contributed by atoms with Gasteiger partial charge in [0.25, 0.3) is 0 Å². The molecule has 1 aliphatic heterocycles. The summed E-state index contributed by atoms with van der Waals surface area (Å²) in [5.74, 6) is -2.48. The number of anilines is 2. The maximum atomic E-state index is 13.9. The fourth-order valence-electron chi connectivity index (χ4n) is 4.64. The second-order valence-electron chi connectivity index (χ2n) is 9.06. The van der Waals surface area contributed by atoms with E-state index in [9.17, 15) is 22.8 Å². The third-order valence-electron chi connectivity index (χ3n) is 5.90. The predicted octanol–water partition coefficient (Wildman–Crippen LogP) is 6.71. The number of amides is 1. The Kier molecular flexibility index (Phi) is 6.10. The lowest BCUT2D eigenvalue weighted by Crippen LogP contribution is -2.45. The van der Waals surface area contributed by atoms with Crippen LogP contribution in [0.1, 0.15) is 38.3 Å². The highest BCUT2D eigenvalue weighted by Crippen LogP contribution is 2.51. The second-order valence-corrected chi connectivity index (χ2v) is 9.90. The molecule has 0 saturated carbocycles. The number of hydrogen-bond acceptors (Lipinski definition) is 4. The molecule has 34 heavy (non-hydrogen) atoms. The highest BCUT2D eigenvalue weighted by molar-refractivity contribution is 6.35. The van der Waals surface area contributed by atoms with E-state index in [1.807, 2.05) is 13.8 Å². The normalized spacial score (nSPS) is 19.7. The van der Waals surface area contributed by atoms with E-state index >= 15 is 0 Å². The van der Waals surface area contributed by atoms with Crippen molar-refractivity contribution in [2.24, 2.45) is 5.41 Å². The van der Waals surface area contributed by atoms with Crippen LogP contribution in [-0.4, -0.2) is 25.0 Å². The van der Waals surface area contributed by atoms with Crippen molar-refractivity contribution < 1.29 is 27.5 Å². The first kappa shape index (κ1) is 24.4. The Bertz CT molecular complexity index is 1220. The summed E-state index contributed by atoms with van der Waals surface area (Å²) in [5, 5.41) is 3.30. The molecule has 2 aromatic rings. The van der Waals surface area contributed by atoms with Gasteiger partial charge in [0.05, 0.1) is 29.5 Å². The highest BCUT2D eigenvalue weighted by Gasteiger charge is 2.51. The van der Waals surface area contributed by atoms with Crippen LogP contribution in [0.15, 0.2) is 47.7 Å². The lowest BCUT2D eigenvalue weighted by Gasteiger charge is -2.37. The number of Topliss-reactive ketones (excluding diaryl/α,β-unsaturated/α-hetero) is 1. The molecule has 4 rings (SSSR count). The number of nitrogens with one attached hydrogen (secondary N) is 1. The number of ether oxygens (including phenoxy) is 1. The Balaban J connectivity index is 2.12. The van der Waals surface area contributed by atoms with E-state index in [0.29, 0.717) is 17.0 Å². The van der Waals surface area contributed by atoms with Crippen molar-refractivity contribution in [3.63, 3.8) is 0 Å². The van der Waals surface area contributed by atoms with E-state index in [-0.39, 0.29) is 50.5 Å². The van der Waals surface area contributed by atoms with Gasteiger partial charge in [-0.2, -0.15) is 13.2 Å². The Morgan fingerprint density at radius 2 is 1.85 bits per heavy atom. The summed E-state index contributed by atoms with van der Waals surface area (Å²) in [4.78, 5) is 27.0. The van der Waals surface area contributed by atoms with Crippen LogP contribution in [0.4, 0.5) is 24.5 Å². The van der Waals surface area contributed by atoms with Gasteiger partial charge in [-0.05, 0) is 36.1 Å². The quantitative estimate of drug-likeness (QED) is 0.485. The molecule has 2 aromatic carbocycles. The van der Waals surface area contributed by atoms with Crippen molar-refractivity contribution >= 4 is 46.3 Å². The van der Waals surface area contributed by atoms with Crippen LogP contribution in [-0.2, 0) is 9.59 Å². The SMILES string of the molecule is COc1c(Cl)cc(Cl)cc1C1C2=C(CC(C)(C)CC2=O)Nc2ccccc2N1C(=O)C(F)(F)F. The predicted molar refractivity (Wildman–Crippen MR) is 124 cm³/mol. The number of hydrogen-bond donors (Lipinski definition) is 1. The third-order valence-corrected chi connectivity index (χ3v) is 6.40. The molecule has 2 aliphatic rings. The number of halogens is 5. The molecular weight excluding hydrogens is 492 g/mol. The minimum absolute atomic E-state index is 0.0277. The molecule has 0 saturated heterocycles. The average Bonchev–Trinajstić information content (AvgIpc) is 2.85. The molecule has 1 N–H and O–H groups in total. The topological polar surface area (TPSA) is 58.6 Å². The molecule has 0 bridgehead atoms. The molecule has 5 nitrogen and oxygen atoms in total. The summed E-state index contributed by atoms with van der Waals surface area (Å²) in [6, 6.07) is 7.39. The summed E-state index contributed by atoms with van der Waals surface area (Å²) >= 11 is 12.5. The van der Waals surface area contributed by atoms with Gasteiger partial charge in [-0.3, -0.25) is 14.5 Å². The summed E-state index contributed by atoms with van der Waals surface area (Å²) in [5.41, 5.74) is 0.359. The van der Waals surface area contributed by atoms with Gasteiger partial charge in [0, 0.05) is 28.3 Å². The number of carbonyl (C=O) groups excluding carboxylic acids is 2. The number of nitrogens with zero attached hydrogens (tertiary/aromatic N) is 1. The van der Waals surface area contributed by atoms with Crippen LogP contribution in [0.3, 0.4) is 0 Å². The van der Waals surface area contributed by atoms with Gasteiger partial charge in [-0.1, -0.05) is 49.2 Å². The number of para-hydroxylation sites is 2. The number of alkyl halides is 3. The van der Waals surface area contributed by atoms with Crippen molar-refractivity contribution in [2.75, 3.05) is 17.3 Å². The van der Waals surface area contributed by atoms with Crippen molar-refractivity contribution in [1.29, 1.82) is 0 Å². The number of allylic oxidation sites excluding steroid dienone is 1. The number of ketones is 1. The number of rotatable bonds is 2. The van der Waals surface area contributed by atoms with Gasteiger partial charge in [0.2, 0.25) is 0 Å². The summed E-state index contributed by atoms with van der Waals surface area (Å²) in [6.07, 6.45) is -4.75. The van der Waals surface area contributed by atoms with E-state index in [4.69, 9.17) is 27.9 Å². The molecule has 1 amide bonds. The zero-order chi connectivity index (χ0) is 25.0. The van der Waals surface area contributed by atoms with Gasteiger partial charge in [0.15, 0.2) is 5.78 Å². The second kappa shape index (κ2) is 8.50. The van der Waals surface area contributed by atoms with Gasteiger partial charge >= 0.3 is 12.1 Å². The molecule has 1 aliphatic carbocycles. The molecule has 0 fully saturated rings. The average molecular weight is 513 g/mol. The molecular formula is C24H21Cl2F3N2O3. The molecule has 0 spiro atoms. The molecule has 1 heterocycles. The first-order valence-corrected chi connectivity index (χ1v) is 11.2. The smallest absolute Gasteiger partial charge is 0.471 e. The van der Waals surface area contributed by atoms with E-state index in [1.54, 1.807) is 12.1 Å². The van der Waals surface area contributed by atoms with Gasteiger partial charge in [0.1, 0.15) is 5.75 Å². The minimum atomic E-state index is -5.22. The van der Waals surface area contributed by atoms with Crippen molar-refractivity contribution in [1.82, 2.24) is 0 Å². The van der Waals surface area contributed by atoms with Crippen LogP contribution in [0.25, 0.3) is 0 Å². The van der Waals surface area contributed by atoms with E-state index < -0.39 is 23.5 Å². The molecule has 180 valence electrons. The lowest BCUT2D eigenvalue weighted by atomic mass is 9.73. The standard InChI is InChI=1S/C24H21Cl2F3N2O3/c1-23(2)10-16-19(18(32)11-23)20(13-8-12(25)9-14(26)21(13)34-3)31(22(33)24(27,28)29)17-7-5-4-6-15(17)30-16/h4-9,20,30H,10-11H2,1-3H3. The van der Waals surface area contributed by atoms with E-state index in [1.165, 1.54) is 31.4 Å². The van der Waals surface area contributed by atoms with Crippen molar-refractivity contribution in [2.45, 2.75) is 38.9 Å². The van der Waals surface area contributed by atoms with Crippen LogP contribution in [0.2, 0.25) is 10.0 Å². The van der Waals surface area contributed by atoms with Crippen LogP contribution in [0, 0.1) is 5.41 Å². The Labute approximate surface area is 204 Å². The largest absolute Gasteiger partial charge is 0.495 e. The van der Waals surface area contributed by atoms with Gasteiger partial charge < -0.3 is 10.1 Å². The highest BCUT2D eigenvalue weighted by atomic mass is 35.5. The first-order chi connectivity index (χ1) is 15.8. The first-order valence-electron chi connectivity index (χ1n) is 10.4. The Morgan fingerprint density at radius 3 is 2.50 bits per heavy atom. The molecule has 0 aromatic heterocycles. The summed E-state index contributed by atoms with van der Waals surface area (Å²) < 4.78 is 47.2. The number of carbonyl (C=O) groups is 2. The number of benzene rings is 2. The lowest BCUT2D eigenvalue weighted by molar-refractivity contribution is -0.170. The van der Waals surface area contributed by atoms with Crippen LogP contribution >= 0.6 is 23.2 Å². The number of methoxy groups -OCH3 is 1. The van der Waals surface area contributed by atoms with Crippen molar-refractivity contribution in [3.05, 3.63) is 63.3 Å². The Morgan fingerprint density at radius 1 is 1.18 bits per heavy atom.